The fourth-order valence-corrected chi connectivity index (χ4v) is 11.5. The largest absolute Gasteiger partial charge is 0.390 e. The van der Waals surface area contributed by atoms with Gasteiger partial charge in [-0.15, -0.1) is 0 Å². The molecule has 0 spiro atoms. The van der Waals surface area contributed by atoms with Crippen molar-refractivity contribution in [1.29, 1.82) is 0 Å². The average molecular weight is 1360 g/mol. The number of nitrogens with zero attached hydrogens (tertiary/aromatic N) is 6. The molecule has 12 atom stereocenters. The predicted molar refractivity (Wildman–Crippen MR) is 373 cm³/mol. The maximum Gasteiger partial charge on any atom is 0.246 e. The molecule has 0 aliphatic rings. The molecular weight excluding hydrogens is 1230 g/mol. The molecule has 0 aliphatic heterocycles. The summed E-state index contributed by atoms with van der Waals surface area (Å²) in [6, 6.07) is -8.60. The van der Waals surface area contributed by atoms with E-state index in [-0.39, 0.29) is 112 Å². The molecule has 0 bridgehead atoms. The molecule has 0 aromatic carbocycles. The van der Waals surface area contributed by atoms with Crippen molar-refractivity contribution in [3.8, 4) is 0 Å². The number of aliphatic hydroxyl groups excluding tert-OH is 1. The van der Waals surface area contributed by atoms with Gasteiger partial charge in [0.25, 0.3) is 0 Å². The number of Topliss-reactive ketones (excluding diaryl/α,β-unsaturated/α-hetero) is 1. The Morgan fingerprint density at radius 2 is 1.17 bits per heavy atom. The van der Waals surface area contributed by atoms with Crippen molar-refractivity contribution >= 4 is 71.1 Å². The first kappa shape index (κ1) is 89.4. The van der Waals surface area contributed by atoms with Gasteiger partial charge in [-0.1, -0.05) is 108 Å². The van der Waals surface area contributed by atoms with Crippen LogP contribution in [0.15, 0.2) is 24.8 Å². The Hall–Kier alpha value is -6.64. The van der Waals surface area contributed by atoms with E-state index < -0.39 is 114 Å². The van der Waals surface area contributed by atoms with Crippen molar-refractivity contribution in [3.63, 3.8) is 0 Å². The topological polar surface area (TPSA) is 326 Å². The minimum absolute atomic E-state index is 0.0753. The summed E-state index contributed by atoms with van der Waals surface area (Å²) in [4.78, 5) is 172. The number of aldehydes is 1. The quantitative estimate of drug-likeness (QED) is 0.0199. The Balaban J connectivity index is 6.99. The summed E-state index contributed by atoms with van der Waals surface area (Å²) in [5, 5.41) is 28.6. The first-order chi connectivity index (χ1) is 44.8. The zero-order valence-corrected chi connectivity index (χ0v) is 62.4. The number of hydrogen-bond donors (Lipinski definition) is 7. The molecule has 0 fully saturated rings. The summed E-state index contributed by atoms with van der Waals surface area (Å²) in [6.07, 6.45) is 7.39. The van der Waals surface area contributed by atoms with Crippen molar-refractivity contribution in [2.75, 3.05) is 88.7 Å². The summed E-state index contributed by atoms with van der Waals surface area (Å²) in [5.74, 6) is -7.18. The number of ether oxygens (including phenoxy) is 1. The van der Waals surface area contributed by atoms with Crippen LogP contribution in [0.5, 0.6) is 0 Å². The Morgan fingerprint density at radius 3 is 1.69 bits per heavy atom. The molecule has 26 nitrogen and oxygen atoms in total. The van der Waals surface area contributed by atoms with Crippen LogP contribution >= 0.6 is 0 Å². The highest BCUT2D eigenvalue weighted by Gasteiger charge is 2.43. The van der Waals surface area contributed by atoms with E-state index in [4.69, 9.17) is 4.74 Å². The van der Waals surface area contributed by atoms with Crippen LogP contribution in [-0.2, 0) is 62.3 Å². The molecule has 0 aliphatic carbocycles. The number of carbonyl (C=O) groups excluding carboxylic acids is 12. The van der Waals surface area contributed by atoms with Gasteiger partial charge in [0.15, 0.2) is 5.78 Å². The number of amides is 10. The van der Waals surface area contributed by atoms with Crippen LogP contribution in [0.25, 0.3) is 0 Å². The number of unbranched alkanes of at least 4 members (excludes halogenated alkanes) is 1. The van der Waals surface area contributed by atoms with Crippen LogP contribution in [0.4, 0.5) is 0 Å². The third-order valence-electron chi connectivity index (χ3n) is 17.5. The smallest absolute Gasteiger partial charge is 0.246 e. The summed E-state index contributed by atoms with van der Waals surface area (Å²) in [5.41, 5.74) is 0. The number of likely N-dealkylation sites (N-methyl/N-ethyl adjacent to an activating group) is 7. The maximum atomic E-state index is 15.0. The first-order valence-corrected chi connectivity index (χ1v) is 34.4. The van der Waals surface area contributed by atoms with Gasteiger partial charge in [-0.05, 0) is 128 Å². The number of allylic oxidation sites excluding steroid dienone is 2. The highest BCUT2D eigenvalue weighted by Crippen LogP contribution is 2.28. The highest BCUT2D eigenvalue weighted by atomic mass is 16.5. The number of rotatable bonds is 48. The van der Waals surface area contributed by atoms with Gasteiger partial charge in [-0.2, -0.15) is 0 Å². The molecule has 7 N–H and O–H groups in total. The van der Waals surface area contributed by atoms with E-state index >= 15 is 0 Å². The molecular formula is C70H126N12O14. The lowest BCUT2D eigenvalue weighted by Gasteiger charge is -2.40. The molecule has 0 radical (unpaired) electrons. The minimum atomic E-state index is -1.50. The molecule has 0 rings (SSSR count). The standard InChI is InChI=1S/C70H126N12O14/c1-24-27-30-48(14)62(87)61(82(23)70(95)60(47(12)13)81(22)69(94)56(71-17)36-44(6)7)65(90)76-55(25-2)68(93)78(19)40-53(84)39-77(18)51(31-28-29-32-72-59(86)42-96-34-33-73-58(85)26-3)38-54(46(10)11)67(92)80(21)57(37-45(8)9)64(89)74-49(15)63(88)75-50(16)66(91)79(20)52(41-83)35-43(4)5/h24,26-27,41,43-52,54-57,60-62,71,87H,3,25,28-40,42H2,1-2,4-23H3,(H,72,86)(H,73,85)(H,74,89)(H,75,88)(H,76,90)/b27-24+/t48-,49+,50-,51+,52+,54+,55+,56+,57+,60+,61+,62-/m1/s1. The van der Waals surface area contributed by atoms with Gasteiger partial charge in [0.2, 0.25) is 59.1 Å². The van der Waals surface area contributed by atoms with Gasteiger partial charge < -0.3 is 71.0 Å². The van der Waals surface area contributed by atoms with Gasteiger partial charge in [0, 0.05) is 60.3 Å². The van der Waals surface area contributed by atoms with E-state index in [1.165, 1.54) is 54.6 Å². The summed E-state index contributed by atoms with van der Waals surface area (Å²) in [7, 11) is 10.9. The molecule has 0 heterocycles. The lowest BCUT2D eigenvalue weighted by molar-refractivity contribution is -0.154. The lowest BCUT2D eigenvalue weighted by Crippen LogP contribution is -2.63. The Morgan fingerprint density at radius 1 is 0.583 bits per heavy atom. The second-order valence-electron chi connectivity index (χ2n) is 27.9. The number of carbonyl (C=O) groups is 12. The van der Waals surface area contributed by atoms with Gasteiger partial charge in [0.1, 0.15) is 49.1 Å². The molecule has 10 amide bonds. The van der Waals surface area contributed by atoms with Crippen molar-refractivity contribution in [2.24, 2.45) is 41.4 Å². The van der Waals surface area contributed by atoms with E-state index in [9.17, 15) is 62.6 Å². The van der Waals surface area contributed by atoms with E-state index in [0.717, 1.165) is 11.0 Å². The molecule has 26 heteroatoms. The minimum Gasteiger partial charge on any atom is -0.390 e. The van der Waals surface area contributed by atoms with Crippen molar-refractivity contribution in [2.45, 2.75) is 222 Å². The molecule has 0 aromatic rings. The summed E-state index contributed by atoms with van der Waals surface area (Å²) in [6.45, 7) is 30.4. The van der Waals surface area contributed by atoms with E-state index in [1.54, 1.807) is 55.9 Å². The van der Waals surface area contributed by atoms with Crippen LogP contribution in [0, 0.1) is 41.4 Å². The maximum absolute atomic E-state index is 15.0. The number of aliphatic hydroxyl groups is 1. The van der Waals surface area contributed by atoms with Crippen molar-refractivity contribution in [1.82, 2.24) is 61.3 Å². The third kappa shape index (κ3) is 30.8. The Bertz CT molecular complexity index is 2530. The van der Waals surface area contributed by atoms with Crippen LogP contribution < -0.4 is 31.9 Å². The predicted octanol–water partition coefficient (Wildman–Crippen LogP) is 3.34. The van der Waals surface area contributed by atoms with E-state index in [2.05, 4.69) is 38.5 Å². The SMILES string of the molecule is C=CC(=O)NCCOCC(=O)NCCCC[C@@H](C[C@H](C(=O)N(C)[C@@H](CC(C)C)C(=O)N[C@@H](C)C(=O)N[C@H](C)C(=O)N(C)[C@H](C=O)CC(C)C)C(C)C)N(C)CC(=O)CN(C)C(=O)[C@H](CC)NC(=O)[C@H]([C@H](O)[C@H](C)C/C=C/C)N(C)C(=O)[C@H](C(C)C)N(C)C(=O)[C@H](CC(C)C)NC. The van der Waals surface area contributed by atoms with Gasteiger partial charge >= 0.3 is 0 Å². The van der Waals surface area contributed by atoms with E-state index in [0.29, 0.717) is 44.8 Å². The van der Waals surface area contributed by atoms with Crippen molar-refractivity contribution < 1.29 is 67.4 Å². The van der Waals surface area contributed by atoms with Crippen LogP contribution in [0.1, 0.15) is 162 Å². The molecule has 0 unspecified atom stereocenters. The molecule has 96 heavy (non-hydrogen) atoms. The first-order valence-electron chi connectivity index (χ1n) is 34.4. The molecule has 0 aromatic heterocycles. The number of hydrogen-bond acceptors (Lipinski definition) is 16. The third-order valence-corrected chi connectivity index (χ3v) is 17.5. The fourth-order valence-electron chi connectivity index (χ4n) is 11.5. The fraction of sp³-hybridized carbons (Fsp3) is 0.771. The van der Waals surface area contributed by atoms with Crippen LogP contribution in [0.3, 0.4) is 0 Å². The van der Waals surface area contributed by atoms with Crippen LogP contribution in [0.2, 0.25) is 0 Å². The Kier molecular flexibility index (Phi) is 42.6. The normalized spacial score (nSPS) is 15.5. The van der Waals surface area contributed by atoms with Gasteiger partial charge in [0.05, 0.1) is 37.9 Å². The van der Waals surface area contributed by atoms with Gasteiger partial charge in [-0.25, -0.2) is 0 Å². The summed E-state index contributed by atoms with van der Waals surface area (Å²) >= 11 is 0. The lowest BCUT2D eigenvalue weighted by atomic mass is 9.85. The van der Waals surface area contributed by atoms with Crippen molar-refractivity contribution in [3.05, 3.63) is 24.8 Å². The molecule has 0 saturated heterocycles. The second-order valence-corrected chi connectivity index (χ2v) is 27.9. The molecule has 0 saturated carbocycles. The number of ketones is 1. The average Bonchev–Trinajstić information content (AvgIpc) is 0.813. The molecule has 550 valence electrons. The summed E-state index contributed by atoms with van der Waals surface area (Å²) < 4.78 is 5.39. The van der Waals surface area contributed by atoms with Gasteiger partial charge in [-0.3, -0.25) is 57.6 Å². The zero-order chi connectivity index (χ0) is 74.0. The second kappa shape index (κ2) is 45.8. The zero-order valence-electron chi connectivity index (χ0n) is 62.4. The highest BCUT2D eigenvalue weighted by molar-refractivity contribution is 5.97. The Labute approximate surface area is 574 Å². The van der Waals surface area contributed by atoms with Crippen LogP contribution in [-0.4, -0.2) is 255 Å². The number of nitrogens with one attached hydrogen (secondary N) is 6. The monoisotopic (exact) mass is 1360 g/mol. The van der Waals surface area contributed by atoms with E-state index in [1.807, 2.05) is 79.4 Å².